The van der Waals surface area contributed by atoms with Crippen LogP contribution in [0.5, 0.6) is 0 Å². The summed E-state index contributed by atoms with van der Waals surface area (Å²) < 4.78 is 0. The topological polar surface area (TPSA) is 35.5 Å². The van der Waals surface area contributed by atoms with Gasteiger partial charge in [-0.25, -0.2) is 0 Å². The van der Waals surface area contributed by atoms with Crippen molar-refractivity contribution >= 4 is 0 Å². The minimum absolute atomic E-state index is 0.0798. The first-order chi connectivity index (χ1) is 9.47. The van der Waals surface area contributed by atoms with E-state index in [1.54, 1.807) is 0 Å². The molecule has 2 aliphatic carbocycles. The zero-order valence-electron chi connectivity index (χ0n) is 13.9. The molecule has 2 fully saturated rings. The van der Waals surface area contributed by atoms with Crippen LogP contribution in [-0.4, -0.2) is 47.8 Å². The molecule has 0 radical (unpaired) electrons. The molecule has 0 saturated heterocycles. The second kappa shape index (κ2) is 6.76. The summed E-state index contributed by atoms with van der Waals surface area (Å²) in [5.41, 5.74) is -0.0798. The molecule has 2 rings (SSSR count). The lowest BCUT2D eigenvalue weighted by Crippen LogP contribution is -2.60. The third-order valence-corrected chi connectivity index (χ3v) is 5.28. The molecule has 0 aromatic rings. The van der Waals surface area contributed by atoms with E-state index in [-0.39, 0.29) is 12.1 Å². The molecule has 3 atom stereocenters. The van der Waals surface area contributed by atoms with Crippen molar-refractivity contribution in [1.29, 1.82) is 0 Å². The van der Waals surface area contributed by atoms with E-state index in [1.165, 1.54) is 38.5 Å². The van der Waals surface area contributed by atoms with E-state index < -0.39 is 0 Å². The number of nitrogens with one attached hydrogen (secondary N) is 1. The summed E-state index contributed by atoms with van der Waals surface area (Å²) in [4.78, 5) is 2.53. The largest absolute Gasteiger partial charge is 0.394 e. The summed E-state index contributed by atoms with van der Waals surface area (Å²) in [5, 5.41) is 13.7. The summed E-state index contributed by atoms with van der Waals surface area (Å²) in [6, 6.07) is 1.14. The van der Waals surface area contributed by atoms with Gasteiger partial charge in [0, 0.05) is 18.6 Å². The Bertz CT molecular complexity index is 303. The van der Waals surface area contributed by atoms with Crippen LogP contribution < -0.4 is 5.32 Å². The molecule has 20 heavy (non-hydrogen) atoms. The summed E-state index contributed by atoms with van der Waals surface area (Å²) in [6.45, 7) is 8.02. The zero-order valence-corrected chi connectivity index (χ0v) is 13.9. The van der Waals surface area contributed by atoms with E-state index in [0.717, 1.165) is 12.5 Å². The van der Waals surface area contributed by atoms with Gasteiger partial charge >= 0.3 is 0 Å². The van der Waals surface area contributed by atoms with E-state index in [9.17, 15) is 5.11 Å². The summed E-state index contributed by atoms with van der Waals surface area (Å²) >= 11 is 0. The summed E-state index contributed by atoms with van der Waals surface area (Å²) in [5.74, 6) is 1.53. The van der Waals surface area contributed by atoms with Gasteiger partial charge in [-0.1, -0.05) is 33.6 Å². The van der Waals surface area contributed by atoms with E-state index in [0.29, 0.717) is 18.0 Å². The Labute approximate surface area is 125 Å². The van der Waals surface area contributed by atoms with Crippen LogP contribution in [0.2, 0.25) is 0 Å². The molecule has 2 aliphatic rings. The van der Waals surface area contributed by atoms with Gasteiger partial charge in [0.1, 0.15) is 0 Å². The van der Waals surface area contributed by atoms with E-state index in [4.69, 9.17) is 0 Å². The van der Waals surface area contributed by atoms with Crippen molar-refractivity contribution in [3.63, 3.8) is 0 Å². The first kappa shape index (κ1) is 16.3. The SMILES string of the molecule is CC1CCCC(N(C)CC(CO)(NC(C)C)C2CC2)C1. The fourth-order valence-corrected chi connectivity index (χ4v) is 4.10. The van der Waals surface area contributed by atoms with Crippen LogP contribution in [0.4, 0.5) is 0 Å². The molecular weight excluding hydrogens is 248 g/mol. The number of hydrogen-bond acceptors (Lipinski definition) is 3. The molecule has 0 bridgehead atoms. The lowest BCUT2D eigenvalue weighted by atomic mass is 9.85. The monoisotopic (exact) mass is 282 g/mol. The molecule has 0 amide bonds. The highest BCUT2D eigenvalue weighted by atomic mass is 16.3. The van der Waals surface area contributed by atoms with E-state index in [2.05, 4.69) is 38.0 Å². The highest BCUT2D eigenvalue weighted by Gasteiger charge is 2.46. The van der Waals surface area contributed by atoms with Crippen LogP contribution in [0.1, 0.15) is 59.3 Å². The molecule has 118 valence electrons. The molecule has 0 aromatic carbocycles. The van der Waals surface area contributed by atoms with Crippen molar-refractivity contribution in [1.82, 2.24) is 10.2 Å². The highest BCUT2D eigenvalue weighted by molar-refractivity contribution is 5.04. The molecule has 0 heterocycles. The molecule has 2 saturated carbocycles. The Morgan fingerprint density at radius 2 is 1.95 bits per heavy atom. The van der Waals surface area contributed by atoms with Crippen molar-refractivity contribution in [2.45, 2.75) is 76.9 Å². The molecule has 0 aromatic heterocycles. The number of nitrogens with zero attached hydrogens (tertiary/aromatic N) is 1. The third-order valence-electron chi connectivity index (χ3n) is 5.28. The number of aliphatic hydroxyl groups is 1. The number of rotatable bonds is 7. The maximum Gasteiger partial charge on any atom is 0.0628 e. The Kier molecular flexibility index (Phi) is 5.49. The molecular formula is C17H34N2O. The van der Waals surface area contributed by atoms with Crippen LogP contribution in [-0.2, 0) is 0 Å². The summed E-state index contributed by atoms with van der Waals surface area (Å²) in [7, 11) is 2.26. The minimum atomic E-state index is -0.0798. The number of aliphatic hydroxyl groups excluding tert-OH is 1. The maximum atomic E-state index is 10.0. The van der Waals surface area contributed by atoms with Crippen molar-refractivity contribution in [2.75, 3.05) is 20.2 Å². The van der Waals surface area contributed by atoms with Crippen molar-refractivity contribution in [2.24, 2.45) is 11.8 Å². The second-order valence-corrected chi connectivity index (χ2v) is 7.73. The van der Waals surface area contributed by atoms with Gasteiger partial charge in [0.25, 0.3) is 0 Å². The highest BCUT2D eigenvalue weighted by Crippen LogP contribution is 2.41. The molecule has 0 spiro atoms. The van der Waals surface area contributed by atoms with Gasteiger partial charge < -0.3 is 15.3 Å². The van der Waals surface area contributed by atoms with Crippen molar-refractivity contribution in [3.05, 3.63) is 0 Å². The van der Waals surface area contributed by atoms with Crippen molar-refractivity contribution < 1.29 is 5.11 Å². The molecule has 3 nitrogen and oxygen atoms in total. The predicted octanol–water partition coefficient (Wildman–Crippen LogP) is 2.64. The van der Waals surface area contributed by atoms with Gasteiger partial charge in [-0.15, -0.1) is 0 Å². The Balaban J connectivity index is 1.99. The summed E-state index contributed by atoms with van der Waals surface area (Å²) in [6.07, 6.45) is 7.95. The van der Waals surface area contributed by atoms with Crippen LogP contribution in [0.25, 0.3) is 0 Å². The van der Waals surface area contributed by atoms with E-state index in [1.807, 2.05) is 0 Å². The van der Waals surface area contributed by atoms with Crippen LogP contribution in [0.15, 0.2) is 0 Å². The third kappa shape index (κ3) is 3.96. The van der Waals surface area contributed by atoms with Gasteiger partial charge in [-0.05, 0) is 44.6 Å². The average molecular weight is 282 g/mol. The molecule has 3 heteroatoms. The van der Waals surface area contributed by atoms with Crippen LogP contribution in [0.3, 0.4) is 0 Å². The standard InChI is InChI=1S/C17H34N2O/c1-13(2)18-17(12-20,15-8-9-15)11-19(4)16-7-5-6-14(3)10-16/h13-16,18,20H,5-12H2,1-4H3. The van der Waals surface area contributed by atoms with Gasteiger partial charge in [0.15, 0.2) is 0 Å². The fourth-order valence-electron chi connectivity index (χ4n) is 4.10. The van der Waals surface area contributed by atoms with Crippen LogP contribution in [0, 0.1) is 11.8 Å². The molecule has 0 aliphatic heterocycles. The molecule has 3 unspecified atom stereocenters. The number of hydrogen-bond donors (Lipinski definition) is 2. The average Bonchev–Trinajstić information content (AvgIpc) is 3.21. The van der Waals surface area contributed by atoms with Crippen molar-refractivity contribution in [3.8, 4) is 0 Å². The quantitative estimate of drug-likeness (QED) is 0.753. The zero-order chi connectivity index (χ0) is 14.8. The first-order valence-corrected chi connectivity index (χ1v) is 8.55. The van der Waals surface area contributed by atoms with Gasteiger partial charge in [-0.2, -0.15) is 0 Å². The number of likely N-dealkylation sites (N-methyl/N-ethyl adjacent to an activating group) is 1. The smallest absolute Gasteiger partial charge is 0.0628 e. The predicted molar refractivity (Wildman–Crippen MR) is 84.9 cm³/mol. The fraction of sp³-hybridized carbons (Fsp3) is 1.00. The molecule has 2 N–H and O–H groups in total. The van der Waals surface area contributed by atoms with E-state index >= 15 is 0 Å². The normalized spacial score (nSPS) is 30.8. The van der Waals surface area contributed by atoms with Gasteiger partial charge in [0.2, 0.25) is 0 Å². The Morgan fingerprint density at radius 1 is 1.25 bits per heavy atom. The first-order valence-electron chi connectivity index (χ1n) is 8.55. The Morgan fingerprint density at radius 3 is 2.45 bits per heavy atom. The van der Waals surface area contributed by atoms with Gasteiger partial charge in [0.05, 0.1) is 12.1 Å². The Hall–Kier alpha value is -0.120. The second-order valence-electron chi connectivity index (χ2n) is 7.73. The lowest BCUT2D eigenvalue weighted by molar-refractivity contribution is 0.0626. The maximum absolute atomic E-state index is 10.0. The van der Waals surface area contributed by atoms with Gasteiger partial charge in [-0.3, -0.25) is 0 Å². The minimum Gasteiger partial charge on any atom is -0.394 e. The lowest BCUT2D eigenvalue weighted by Gasteiger charge is -2.43. The van der Waals surface area contributed by atoms with Crippen LogP contribution >= 0.6 is 0 Å².